The maximum atomic E-state index is 5.81. The van der Waals surface area contributed by atoms with E-state index in [4.69, 9.17) is 14.9 Å². The molecule has 0 fully saturated rings. The van der Waals surface area contributed by atoms with Crippen molar-refractivity contribution in [3.05, 3.63) is 18.2 Å². The second-order valence-electron chi connectivity index (χ2n) is 4.11. The van der Waals surface area contributed by atoms with Gasteiger partial charge in [-0.1, -0.05) is 13.0 Å². The smallest absolute Gasteiger partial charge is 0.295 e. The van der Waals surface area contributed by atoms with Crippen LogP contribution in [0.3, 0.4) is 0 Å². The Bertz CT molecular complexity index is 496. The van der Waals surface area contributed by atoms with Crippen molar-refractivity contribution in [1.82, 2.24) is 4.98 Å². The first-order valence-electron chi connectivity index (χ1n) is 6.28. The van der Waals surface area contributed by atoms with Gasteiger partial charge >= 0.3 is 0 Å². The number of nitrogens with two attached hydrogens (primary N) is 1. The number of hydrogen-bond donors (Lipinski definition) is 2. The molecular formula is C13H19N3O2. The van der Waals surface area contributed by atoms with Crippen LogP contribution in [0.1, 0.15) is 19.8 Å². The Labute approximate surface area is 106 Å². The van der Waals surface area contributed by atoms with Crippen LogP contribution in [0.2, 0.25) is 0 Å². The van der Waals surface area contributed by atoms with E-state index in [0.29, 0.717) is 22.8 Å². The number of nitrogens with one attached hydrogen (secondary N) is 1. The van der Waals surface area contributed by atoms with E-state index in [0.717, 1.165) is 32.6 Å². The number of rotatable bonds is 7. The number of ether oxygens (including phenoxy) is 1. The lowest BCUT2D eigenvalue weighted by Crippen LogP contribution is -2.06. The maximum absolute atomic E-state index is 5.81. The highest BCUT2D eigenvalue weighted by Gasteiger charge is 2.06. The van der Waals surface area contributed by atoms with Crippen molar-refractivity contribution in [2.24, 2.45) is 0 Å². The maximum Gasteiger partial charge on any atom is 0.295 e. The van der Waals surface area contributed by atoms with E-state index in [1.165, 1.54) is 0 Å². The van der Waals surface area contributed by atoms with Crippen LogP contribution in [0.25, 0.3) is 11.1 Å². The van der Waals surface area contributed by atoms with Crippen LogP contribution in [0.5, 0.6) is 0 Å². The Balaban J connectivity index is 1.83. The predicted molar refractivity (Wildman–Crippen MR) is 72.6 cm³/mol. The third-order valence-electron chi connectivity index (χ3n) is 2.54. The summed E-state index contributed by atoms with van der Waals surface area (Å²) in [6.07, 6.45) is 1.98. The zero-order chi connectivity index (χ0) is 12.8. The van der Waals surface area contributed by atoms with Crippen molar-refractivity contribution in [2.45, 2.75) is 19.8 Å². The third-order valence-corrected chi connectivity index (χ3v) is 2.54. The summed E-state index contributed by atoms with van der Waals surface area (Å²) in [5.41, 5.74) is 7.86. The summed E-state index contributed by atoms with van der Waals surface area (Å²) in [6, 6.07) is 6.03. The van der Waals surface area contributed by atoms with Gasteiger partial charge in [-0.05, 0) is 25.0 Å². The molecule has 1 aromatic heterocycles. The van der Waals surface area contributed by atoms with Gasteiger partial charge < -0.3 is 20.2 Å². The number of nitrogens with zero attached hydrogens (tertiary/aromatic N) is 1. The Hall–Kier alpha value is -1.75. The molecule has 2 rings (SSSR count). The highest BCUT2D eigenvalue weighted by atomic mass is 16.5. The molecule has 0 saturated heterocycles. The monoisotopic (exact) mass is 249 g/mol. The molecule has 0 aliphatic heterocycles. The average molecular weight is 249 g/mol. The van der Waals surface area contributed by atoms with Crippen molar-refractivity contribution in [2.75, 3.05) is 30.8 Å². The number of fused-ring (bicyclic) bond motifs is 1. The van der Waals surface area contributed by atoms with E-state index in [9.17, 15) is 0 Å². The van der Waals surface area contributed by atoms with Crippen LogP contribution in [0.4, 0.5) is 11.7 Å². The quantitative estimate of drug-likeness (QED) is 0.583. The molecule has 1 aromatic carbocycles. The zero-order valence-electron chi connectivity index (χ0n) is 10.6. The molecule has 98 valence electrons. The summed E-state index contributed by atoms with van der Waals surface area (Å²) in [4.78, 5) is 4.30. The van der Waals surface area contributed by atoms with E-state index in [1.54, 1.807) is 0 Å². The number of benzene rings is 1. The Morgan fingerprint density at radius 3 is 3.06 bits per heavy atom. The lowest BCUT2D eigenvalue weighted by Gasteiger charge is -2.02. The number of oxazole rings is 1. The summed E-state index contributed by atoms with van der Waals surface area (Å²) >= 11 is 0. The molecule has 2 aromatic rings. The number of anilines is 2. The minimum absolute atomic E-state index is 0.512. The highest BCUT2D eigenvalue weighted by molar-refractivity contribution is 5.86. The predicted octanol–water partition coefficient (Wildman–Crippen LogP) is 2.64. The minimum atomic E-state index is 0.512. The second kappa shape index (κ2) is 6.26. The Kier molecular flexibility index (Phi) is 4.41. The number of aromatic nitrogens is 1. The van der Waals surface area contributed by atoms with Gasteiger partial charge in [0.2, 0.25) is 0 Å². The number of nitrogen functional groups attached to an aromatic ring is 1. The molecular weight excluding hydrogens is 230 g/mol. The largest absolute Gasteiger partial charge is 0.423 e. The topological polar surface area (TPSA) is 73.3 Å². The second-order valence-corrected chi connectivity index (χ2v) is 4.11. The lowest BCUT2D eigenvalue weighted by molar-refractivity contribution is 0.134. The van der Waals surface area contributed by atoms with Crippen molar-refractivity contribution < 1.29 is 9.15 Å². The molecule has 0 bridgehead atoms. The van der Waals surface area contributed by atoms with Gasteiger partial charge in [0.15, 0.2) is 5.58 Å². The van der Waals surface area contributed by atoms with Gasteiger partial charge in [-0.2, -0.15) is 4.98 Å². The van der Waals surface area contributed by atoms with Gasteiger partial charge in [0.05, 0.1) is 5.69 Å². The van der Waals surface area contributed by atoms with Gasteiger partial charge in [-0.25, -0.2) is 0 Å². The lowest BCUT2D eigenvalue weighted by atomic mass is 10.3. The first-order chi connectivity index (χ1) is 8.81. The molecule has 0 radical (unpaired) electrons. The van der Waals surface area contributed by atoms with Gasteiger partial charge in [0.25, 0.3) is 6.01 Å². The van der Waals surface area contributed by atoms with Crippen LogP contribution in [-0.4, -0.2) is 24.7 Å². The molecule has 1 heterocycles. The van der Waals surface area contributed by atoms with E-state index in [2.05, 4.69) is 17.2 Å². The fourth-order valence-corrected chi connectivity index (χ4v) is 1.66. The van der Waals surface area contributed by atoms with Gasteiger partial charge in [0, 0.05) is 19.8 Å². The zero-order valence-corrected chi connectivity index (χ0v) is 10.6. The van der Waals surface area contributed by atoms with E-state index in [-0.39, 0.29) is 0 Å². The van der Waals surface area contributed by atoms with Crippen LogP contribution >= 0.6 is 0 Å². The van der Waals surface area contributed by atoms with Crippen molar-refractivity contribution in [1.29, 1.82) is 0 Å². The first kappa shape index (κ1) is 12.7. The standard InChI is InChI=1S/C13H19N3O2/c1-2-8-17-9-4-7-15-13-16-12-10(14)5-3-6-11(12)18-13/h3,5-6H,2,4,7-9,14H2,1H3,(H,15,16). The number of hydrogen-bond acceptors (Lipinski definition) is 5. The minimum Gasteiger partial charge on any atom is -0.423 e. The molecule has 0 aliphatic carbocycles. The van der Waals surface area contributed by atoms with Crippen molar-refractivity contribution in [3.8, 4) is 0 Å². The molecule has 0 unspecified atom stereocenters. The van der Waals surface area contributed by atoms with Crippen molar-refractivity contribution in [3.63, 3.8) is 0 Å². The van der Waals surface area contributed by atoms with Crippen molar-refractivity contribution >= 4 is 22.8 Å². The molecule has 18 heavy (non-hydrogen) atoms. The summed E-state index contributed by atoms with van der Waals surface area (Å²) in [5.74, 6) is 0. The molecule has 3 N–H and O–H groups in total. The third kappa shape index (κ3) is 3.13. The Morgan fingerprint density at radius 2 is 2.28 bits per heavy atom. The summed E-state index contributed by atoms with van der Waals surface area (Å²) < 4.78 is 10.9. The molecule has 0 amide bonds. The molecule has 0 atom stereocenters. The molecule has 5 nitrogen and oxygen atoms in total. The van der Waals surface area contributed by atoms with Gasteiger partial charge in [-0.3, -0.25) is 0 Å². The van der Waals surface area contributed by atoms with Crippen LogP contribution in [0, 0.1) is 0 Å². The van der Waals surface area contributed by atoms with E-state index < -0.39 is 0 Å². The Morgan fingerprint density at radius 1 is 1.39 bits per heavy atom. The summed E-state index contributed by atoms with van der Waals surface area (Å²) in [6.45, 7) is 4.44. The molecule has 5 heteroatoms. The summed E-state index contributed by atoms with van der Waals surface area (Å²) in [7, 11) is 0. The fraction of sp³-hybridized carbons (Fsp3) is 0.462. The van der Waals surface area contributed by atoms with Gasteiger partial charge in [0.1, 0.15) is 5.52 Å². The average Bonchev–Trinajstić information content (AvgIpc) is 2.78. The highest BCUT2D eigenvalue weighted by Crippen LogP contribution is 2.23. The van der Waals surface area contributed by atoms with E-state index in [1.807, 2.05) is 18.2 Å². The first-order valence-corrected chi connectivity index (χ1v) is 6.28. The van der Waals surface area contributed by atoms with Crippen LogP contribution in [-0.2, 0) is 4.74 Å². The number of para-hydroxylation sites is 1. The molecule has 0 saturated carbocycles. The van der Waals surface area contributed by atoms with Crippen LogP contribution in [0.15, 0.2) is 22.6 Å². The van der Waals surface area contributed by atoms with E-state index >= 15 is 0 Å². The fourth-order valence-electron chi connectivity index (χ4n) is 1.66. The molecule has 0 spiro atoms. The normalized spacial score (nSPS) is 10.9. The van der Waals surface area contributed by atoms with Crippen LogP contribution < -0.4 is 11.1 Å². The SMILES string of the molecule is CCCOCCCNc1nc2c(N)cccc2o1. The molecule has 0 aliphatic rings. The van der Waals surface area contributed by atoms with Gasteiger partial charge in [-0.15, -0.1) is 0 Å². The summed E-state index contributed by atoms with van der Waals surface area (Å²) in [5, 5.41) is 3.12.